The Balaban J connectivity index is 2.58. The minimum Gasteiger partial charge on any atom is -0.311 e. The molecule has 0 saturated heterocycles. The number of hydrogen-bond acceptors (Lipinski definition) is 2. The Morgan fingerprint density at radius 3 is 3.07 bits per heavy atom. The van der Waals surface area contributed by atoms with Gasteiger partial charge in [0.15, 0.2) is 0 Å². The lowest BCUT2D eigenvalue weighted by molar-refractivity contribution is 0.608. The van der Waals surface area contributed by atoms with Crippen molar-refractivity contribution in [2.24, 2.45) is 0 Å². The molecule has 14 heavy (non-hydrogen) atoms. The van der Waals surface area contributed by atoms with Crippen LogP contribution in [0.5, 0.6) is 0 Å². The Morgan fingerprint density at radius 2 is 2.36 bits per heavy atom. The summed E-state index contributed by atoms with van der Waals surface area (Å²) in [5.74, 6) is 1.04. The third-order valence-electron chi connectivity index (χ3n) is 2.34. The van der Waals surface area contributed by atoms with Gasteiger partial charge in [0.05, 0.1) is 17.8 Å². The van der Waals surface area contributed by atoms with E-state index in [1.165, 1.54) is 0 Å². The lowest BCUT2D eigenvalue weighted by atomic mass is 10.3. The number of rotatable bonds is 2. The SMILES string of the molecule is CNC(C)c1ncc2cc(Br)ccn12. The number of aromatic nitrogens is 2. The van der Waals surface area contributed by atoms with Crippen molar-refractivity contribution in [3.05, 3.63) is 34.8 Å². The zero-order valence-corrected chi connectivity index (χ0v) is 9.75. The summed E-state index contributed by atoms with van der Waals surface area (Å²) in [5.41, 5.74) is 1.11. The maximum atomic E-state index is 4.39. The molecule has 0 saturated carbocycles. The normalized spacial score (nSPS) is 13.4. The molecule has 0 bridgehead atoms. The smallest absolute Gasteiger partial charge is 0.130 e. The average Bonchev–Trinajstić information content (AvgIpc) is 2.59. The van der Waals surface area contributed by atoms with Crippen molar-refractivity contribution in [3.8, 4) is 0 Å². The summed E-state index contributed by atoms with van der Waals surface area (Å²) >= 11 is 3.44. The highest BCUT2D eigenvalue weighted by molar-refractivity contribution is 9.10. The van der Waals surface area contributed by atoms with E-state index < -0.39 is 0 Å². The molecule has 2 aromatic heterocycles. The van der Waals surface area contributed by atoms with E-state index in [1.807, 2.05) is 25.5 Å². The first-order valence-corrected chi connectivity index (χ1v) is 5.31. The third kappa shape index (κ3) is 1.55. The number of nitrogens with zero attached hydrogens (tertiary/aromatic N) is 2. The van der Waals surface area contributed by atoms with Crippen LogP contribution in [0.4, 0.5) is 0 Å². The molecule has 0 fully saturated rings. The number of nitrogens with one attached hydrogen (secondary N) is 1. The van der Waals surface area contributed by atoms with E-state index in [9.17, 15) is 0 Å². The van der Waals surface area contributed by atoms with E-state index in [1.54, 1.807) is 0 Å². The molecule has 4 heteroatoms. The molecule has 1 atom stereocenters. The second-order valence-electron chi connectivity index (χ2n) is 3.27. The van der Waals surface area contributed by atoms with Crippen LogP contribution < -0.4 is 5.32 Å². The highest BCUT2D eigenvalue weighted by Crippen LogP contribution is 2.17. The lowest BCUT2D eigenvalue weighted by Crippen LogP contribution is -2.15. The van der Waals surface area contributed by atoms with Gasteiger partial charge in [0.2, 0.25) is 0 Å². The van der Waals surface area contributed by atoms with Crippen LogP contribution in [0.3, 0.4) is 0 Å². The van der Waals surface area contributed by atoms with Gasteiger partial charge in [0.25, 0.3) is 0 Å². The van der Waals surface area contributed by atoms with Gasteiger partial charge in [0, 0.05) is 10.7 Å². The van der Waals surface area contributed by atoms with Crippen molar-refractivity contribution in [1.29, 1.82) is 0 Å². The summed E-state index contributed by atoms with van der Waals surface area (Å²) in [6.07, 6.45) is 3.91. The van der Waals surface area contributed by atoms with E-state index in [4.69, 9.17) is 0 Å². The van der Waals surface area contributed by atoms with Crippen LogP contribution in [-0.4, -0.2) is 16.4 Å². The van der Waals surface area contributed by atoms with Gasteiger partial charge in [-0.25, -0.2) is 4.98 Å². The van der Waals surface area contributed by atoms with Gasteiger partial charge in [-0.05, 0) is 26.1 Å². The first kappa shape index (κ1) is 9.68. The topological polar surface area (TPSA) is 29.3 Å². The molecule has 2 heterocycles. The fourth-order valence-electron chi connectivity index (χ4n) is 1.44. The zero-order chi connectivity index (χ0) is 10.1. The number of fused-ring (bicyclic) bond motifs is 1. The summed E-state index contributed by atoms with van der Waals surface area (Å²) in [6, 6.07) is 4.33. The molecule has 0 aliphatic carbocycles. The number of imidazole rings is 1. The number of hydrogen-bond donors (Lipinski definition) is 1. The number of pyridine rings is 1. The van der Waals surface area contributed by atoms with Gasteiger partial charge >= 0.3 is 0 Å². The molecule has 1 unspecified atom stereocenters. The fourth-order valence-corrected chi connectivity index (χ4v) is 1.80. The Labute approximate surface area is 91.3 Å². The van der Waals surface area contributed by atoms with Gasteiger partial charge in [-0.3, -0.25) is 0 Å². The van der Waals surface area contributed by atoms with Crippen molar-refractivity contribution in [3.63, 3.8) is 0 Å². The van der Waals surface area contributed by atoms with Crippen molar-refractivity contribution in [2.45, 2.75) is 13.0 Å². The maximum absolute atomic E-state index is 4.39. The maximum Gasteiger partial charge on any atom is 0.130 e. The average molecular weight is 254 g/mol. The molecule has 74 valence electrons. The second-order valence-corrected chi connectivity index (χ2v) is 4.18. The third-order valence-corrected chi connectivity index (χ3v) is 2.84. The summed E-state index contributed by atoms with van der Waals surface area (Å²) < 4.78 is 3.17. The first-order valence-electron chi connectivity index (χ1n) is 4.52. The van der Waals surface area contributed by atoms with Crippen LogP contribution in [-0.2, 0) is 0 Å². The monoisotopic (exact) mass is 253 g/mol. The molecule has 3 nitrogen and oxygen atoms in total. The fraction of sp³-hybridized carbons (Fsp3) is 0.300. The molecule has 2 rings (SSSR count). The van der Waals surface area contributed by atoms with Gasteiger partial charge in [-0.15, -0.1) is 0 Å². The van der Waals surface area contributed by atoms with E-state index in [-0.39, 0.29) is 6.04 Å². The van der Waals surface area contributed by atoms with Crippen LogP contribution in [0.1, 0.15) is 18.8 Å². The van der Waals surface area contributed by atoms with E-state index >= 15 is 0 Å². The first-order chi connectivity index (χ1) is 6.72. The Morgan fingerprint density at radius 1 is 1.57 bits per heavy atom. The van der Waals surface area contributed by atoms with Crippen LogP contribution >= 0.6 is 15.9 Å². The van der Waals surface area contributed by atoms with Gasteiger partial charge in [-0.1, -0.05) is 15.9 Å². The van der Waals surface area contributed by atoms with Crippen molar-refractivity contribution < 1.29 is 0 Å². The largest absolute Gasteiger partial charge is 0.311 e. The van der Waals surface area contributed by atoms with Gasteiger partial charge < -0.3 is 9.72 Å². The highest BCUT2D eigenvalue weighted by atomic mass is 79.9. The van der Waals surface area contributed by atoms with Gasteiger partial charge in [0.1, 0.15) is 5.82 Å². The Kier molecular flexibility index (Phi) is 2.56. The van der Waals surface area contributed by atoms with Crippen LogP contribution in [0.15, 0.2) is 29.0 Å². The molecule has 0 radical (unpaired) electrons. The van der Waals surface area contributed by atoms with E-state index in [0.717, 1.165) is 15.8 Å². The van der Waals surface area contributed by atoms with Crippen LogP contribution in [0.2, 0.25) is 0 Å². The molecule has 0 amide bonds. The summed E-state index contributed by atoms with van der Waals surface area (Å²) in [6.45, 7) is 2.09. The molecule has 2 aromatic rings. The summed E-state index contributed by atoms with van der Waals surface area (Å²) in [5, 5.41) is 3.18. The molecule has 0 aliphatic rings. The van der Waals surface area contributed by atoms with Crippen molar-refractivity contribution in [2.75, 3.05) is 7.05 Å². The van der Waals surface area contributed by atoms with Crippen LogP contribution in [0.25, 0.3) is 5.52 Å². The minimum atomic E-state index is 0.263. The predicted octanol–water partition coefficient (Wildman–Crippen LogP) is 2.38. The molecular formula is C10H12BrN3. The molecule has 0 spiro atoms. The predicted molar refractivity (Wildman–Crippen MR) is 60.4 cm³/mol. The second kappa shape index (κ2) is 3.71. The quantitative estimate of drug-likeness (QED) is 0.891. The zero-order valence-electron chi connectivity index (χ0n) is 8.16. The lowest BCUT2D eigenvalue weighted by Gasteiger charge is -2.08. The van der Waals surface area contributed by atoms with E-state index in [2.05, 4.69) is 43.6 Å². The van der Waals surface area contributed by atoms with Crippen molar-refractivity contribution >= 4 is 21.4 Å². The summed E-state index contributed by atoms with van der Waals surface area (Å²) in [7, 11) is 1.94. The van der Waals surface area contributed by atoms with Gasteiger partial charge in [-0.2, -0.15) is 0 Å². The Bertz CT molecular complexity index is 450. The molecule has 0 aliphatic heterocycles. The Hall–Kier alpha value is -0.870. The van der Waals surface area contributed by atoms with E-state index in [0.29, 0.717) is 0 Å². The minimum absolute atomic E-state index is 0.263. The van der Waals surface area contributed by atoms with Crippen molar-refractivity contribution in [1.82, 2.24) is 14.7 Å². The highest BCUT2D eigenvalue weighted by Gasteiger charge is 2.09. The molecule has 0 aromatic carbocycles. The number of halogens is 1. The molecular weight excluding hydrogens is 242 g/mol. The van der Waals surface area contributed by atoms with Crippen LogP contribution in [0, 0.1) is 0 Å². The molecule has 1 N–H and O–H groups in total. The standard InChI is InChI=1S/C10H12BrN3/c1-7(12-2)10-13-6-9-5-8(11)3-4-14(9)10/h3-7,12H,1-2H3. The summed E-state index contributed by atoms with van der Waals surface area (Å²) in [4.78, 5) is 4.39.